The van der Waals surface area contributed by atoms with E-state index in [1.807, 2.05) is 0 Å². The lowest BCUT2D eigenvalue weighted by molar-refractivity contribution is -0.153. The standard InChI is InChI=1S/C28H29N5O4S.C25H31N5O4S/c1-17-13-18(2)25(19(3)14-17)37-28(34)23-16-33-27(24(23)29-4)30-26(31-33)20-9-8-10-21(15-20)32-38(35,36)22-11-6-5-7-12-22;1-7-30(35(6,32)33)19-10-8-18(9-11-19)23-27-24-21(26-5)20(14-29(24)28-23)25(31)34-22-16(3)12-15(2)13-17(22)4/h5-12,15,17-19,25,32H,13-14,16H2,1-3H3;8-11,15-17,22H,7,12-14H2,1-4,6H3. The van der Waals surface area contributed by atoms with Gasteiger partial charge < -0.3 is 9.47 Å². The zero-order chi connectivity index (χ0) is 52.5. The van der Waals surface area contributed by atoms with Gasteiger partial charge in [0.2, 0.25) is 21.4 Å². The summed E-state index contributed by atoms with van der Waals surface area (Å²) in [6, 6.07) is 21.7. The number of nitrogens with one attached hydrogen (secondary N) is 1. The number of sulfonamides is 2. The summed E-state index contributed by atoms with van der Waals surface area (Å²) in [6.07, 6.45) is 4.86. The van der Waals surface area contributed by atoms with Crippen molar-refractivity contribution in [2.24, 2.45) is 35.5 Å². The largest absolute Gasteiger partial charge is 0.459 e. The first-order valence-corrected chi connectivity index (χ1v) is 27.8. The van der Waals surface area contributed by atoms with E-state index in [-0.39, 0.29) is 70.8 Å². The lowest BCUT2D eigenvalue weighted by atomic mass is 9.75. The van der Waals surface area contributed by atoms with Crippen molar-refractivity contribution in [2.75, 3.05) is 21.8 Å². The van der Waals surface area contributed by atoms with Crippen LogP contribution < -0.4 is 9.03 Å². The van der Waals surface area contributed by atoms with Crippen molar-refractivity contribution in [1.29, 1.82) is 0 Å². The molecule has 2 fully saturated rings. The van der Waals surface area contributed by atoms with Gasteiger partial charge in [-0.25, -0.2) is 46.1 Å². The molecule has 73 heavy (non-hydrogen) atoms. The van der Waals surface area contributed by atoms with Crippen LogP contribution in [0.3, 0.4) is 0 Å². The van der Waals surface area contributed by atoms with Crippen LogP contribution >= 0.6 is 0 Å². The highest BCUT2D eigenvalue weighted by Crippen LogP contribution is 2.39. The van der Waals surface area contributed by atoms with E-state index >= 15 is 0 Å². The van der Waals surface area contributed by atoms with Crippen LogP contribution in [0, 0.1) is 48.7 Å². The highest BCUT2D eigenvalue weighted by molar-refractivity contribution is 7.92. The van der Waals surface area contributed by atoms with E-state index < -0.39 is 32.0 Å². The Hall–Kier alpha value is -7.16. The molecule has 2 aliphatic heterocycles. The quantitative estimate of drug-likeness (QED) is 0.0918. The maximum atomic E-state index is 13.1. The number of anilines is 2. The highest BCUT2D eigenvalue weighted by atomic mass is 32.2. The normalized spacial score (nSPS) is 23.5. The molecule has 0 bridgehead atoms. The van der Waals surface area contributed by atoms with Crippen LogP contribution in [0.4, 0.5) is 11.4 Å². The molecule has 1 N–H and O–H groups in total. The Morgan fingerprint density at radius 2 is 1.14 bits per heavy atom. The van der Waals surface area contributed by atoms with Gasteiger partial charge in [-0.3, -0.25) is 18.4 Å². The molecule has 2 aromatic heterocycles. The Balaban J connectivity index is 0.000000196. The molecule has 4 aliphatic rings. The Morgan fingerprint density at radius 1 is 0.671 bits per heavy atom. The van der Waals surface area contributed by atoms with Gasteiger partial charge in [-0.1, -0.05) is 71.9 Å². The lowest BCUT2D eigenvalue weighted by Gasteiger charge is -2.37. The molecular weight excluding hydrogens is 969 g/mol. The maximum Gasteiger partial charge on any atom is 0.325 e. The fourth-order valence-corrected chi connectivity index (χ4v) is 13.0. The third-order valence-corrected chi connectivity index (χ3v) is 16.7. The van der Waals surface area contributed by atoms with Crippen molar-refractivity contribution in [3.8, 4) is 22.8 Å². The first-order valence-electron chi connectivity index (χ1n) is 24.5. The molecule has 4 unspecified atom stereocenters. The van der Waals surface area contributed by atoms with E-state index in [1.165, 1.54) is 27.4 Å². The molecule has 20 heteroatoms. The van der Waals surface area contributed by atoms with E-state index in [0.717, 1.165) is 25.7 Å². The topological polar surface area (TPSA) is 206 Å². The minimum absolute atomic E-state index is 0.102. The average Bonchev–Trinajstić information content (AvgIpc) is 4.12. The van der Waals surface area contributed by atoms with Crippen molar-refractivity contribution < 1.29 is 35.9 Å². The summed E-state index contributed by atoms with van der Waals surface area (Å²) < 4.78 is 68.2. The first kappa shape index (κ1) is 52.2. The highest BCUT2D eigenvalue weighted by Gasteiger charge is 2.39. The number of fused-ring (bicyclic) bond motifs is 2. The van der Waals surface area contributed by atoms with E-state index in [0.29, 0.717) is 69.8 Å². The van der Waals surface area contributed by atoms with Crippen molar-refractivity contribution in [2.45, 2.75) is 104 Å². The predicted molar refractivity (Wildman–Crippen MR) is 276 cm³/mol. The predicted octanol–water partition coefficient (Wildman–Crippen LogP) is 8.99. The number of hydrogen-bond donors (Lipinski definition) is 1. The lowest BCUT2D eigenvalue weighted by Crippen LogP contribution is -2.37. The van der Waals surface area contributed by atoms with Gasteiger partial charge in [-0.15, -0.1) is 0 Å². The summed E-state index contributed by atoms with van der Waals surface area (Å²) in [5.74, 6) is 2.69. The second-order valence-corrected chi connectivity index (χ2v) is 23.6. The van der Waals surface area contributed by atoms with Crippen LogP contribution in [0.15, 0.2) is 94.9 Å². The van der Waals surface area contributed by atoms with E-state index in [4.69, 9.17) is 22.6 Å². The van der Waals surface area contributed by atoms with Crippen molar-refractivity contribution >= 4 is 54.8 Å². The van der Waals surface area contributed by atoms with Gasteiger partial charge in [0, 0.05) is 23.4 Å². The molecule has 0 spiro atoms. The van der Waals surface area contributed by atoms with Crippen LogP contribution in [0.25, 0.3) is 43.9 Å². The smallest absolute Gasteiger partial charge is 0.325 e. The Labute approximate surface area is 427 Å². The van der Waals surface area contributed by atoms with Crippen molar-refractivity contribution in [1.82, 2.24) is 29.5 Å². The summed E-state index contributed by atoms with van der Waals surface area (Å²) in [6.45, 7) is 30.6. The molecule has 4 heterocycles. The van der Waals surface area contributed by atoms with Gasteiger partial charge in [-0.2, -0.15) is 10.2 Å². The maximum absolute atomic E-state index is 13.1. The van der Waals surface area contributed by atoms with Gasteiger partial charge in [0.1, 0.15) is 12.2 Å². The SMILES string of the molecule is [C-]#[N+]C1=C(C(=O)OC2C(C)CC(C)CC2C)Cn2nc(-c3ccc(N(CC)S(C)(=O)=O)cc3)nc21.[C-]#[N+]C1=C(C(=O)OC2C(C)CC(C)CC2C)Cn2nc(-c3cccc(NS(=O)(=O)c4ccccc4)c3)nc21. The number of nitrogens with zero attached hydrogens (tertiary/aromatic N) is 9. The van der Waals surface area contributed by atoms with Crippen LogP contribution in [0.5, 0.6) is 0 Å². The third kappa shape index (κ3) is 11.1. The number of esters is 2. The molecule has 0 radical (unpaired) electrons. The monoisotopic (exact) mass is 1030 g/mol. The molecule has 382 valence electrons. The van der Waals surface area contributed by atoms with Gasteiger partial charge in [0.05, 0.1) is 54.2 Å². The Bertz CT molecular complexity index is 3270. The minimum Gasteiger partial charge on any atom is -0.459 e. The molecule has 3 aromatic carbocycles. The molecule has 2 saturated carbocycles. The van der Waals surface area contributed by atoms with E-state index in [1.54, 1.807) is 78.3 Å². The number of carbonyl (C=O) groups excluding carboxylic acids is 2. The second kappa shape index (κ2) is 21.1. The van der Waals surface area contributed by atoms with Gasteiger partial charge in [-0.05, 0) is 117 Å². The number of rotatable bonds is 12. The molecule has 0 saturated heterocycles. The summed E-state index contributed by atoms with van der Waals surface area (Å²) in [5, 5.41) is 9.01. The van der Waals surface area contributed by atoms with Crippen molar-refractivity contribution in [3.63, 3.8) is 0 Å². The average molecular weight is 1030 g/mol. The zero-order valence-corrected chi connectivity index (χ0v) is 43.8. The number of ether oxygens (including phenoxy) is 2. The van der Waals surface area contributed by atoms with E-state index in [2.05, 4.69) is 76.1 Å². The summed E-state index contributed by atoms with van der Waals surface area (Å²) in [4.78, 5) is 42.5. The summed E-state index contributed by atoms with van der Waals surface area (Å²) in [5.41, 5.74) is 3.04. The number of aromatic nitrogens is 6. The second-order valence-electron chi connectivity index (χ2n) is 20.0. The molecule has 18 nitrogen and oxygen atoms in total. The van der Waals surface area contributed by atoms with Crippen LogP contribution in [0.2, 0.25) is 0 Å². The Kier molecular flexibility index (Phi) is 15.1. The number of carbonyl (C=O) groups is 2. The molecule has 4 atom stereocenters. The third-order valence-electron chi connectivity index (χ3n) is 14.0. The summed E-state index contributed by atoms with van der Waals surface area (Å²) >= 11 is 0. The molecule has 2 aliphatic carbocycles. The first-order chi connectivity index (χ1) is 34.7. The molecule has 5 aromatic rings. The van der Waals surface area contributed by atoms with Gasteiger partial charge >= 0.3 is 11.9 Å². The van der Waals surface area contributed by atoms with Crippen LogP contribution in [0.1, 0.15) is 85.8 Å². The number of benzene rings is 3. The Morgan fingerprint density at radius 3 is 1.58 bits per heavy atom. The van der Waals surface area contributed by atoms with Gasteiger partial charge in [0.15, 0.2) is 23.3 Å². The van der Waals surface area contributed by atoms with E-state index in [9.17, 15) is 26.4 Å². The van der Waals surface area contributed by atoms with Gasteiger partial charge in [0.25, 0.3) is 10.0 Å². The summed E-state index contributed by atoms with van der Waals surface area (Å²) in [7, 11) is -7.13. The number of hydrogen-bond acceptors (Lipinski definition) is 12. The molecule has 9 rings (SSSR count). The van der Waals surface area contributed by atoms with Crippen molar-refractivity contribution in [3.05, 3.63) is 124 Å². The minimum atomic E-state index is -3.76. The molecular formula is C53H60N10O8S2. The van der Waals surface area contributed by atoms with Crippen LogP contribution in [-0.2, 0) is 52.2 Å². The fraction of sp³-hybridized carbons (Fsp3) is 0.434. The zero-order valence-electron chi connectivity index (χ0n) is 42.2. The fourth-order valence-electron chi connectivity index (χ4n) is 10.9. The molecule has 0 amide bonds. The van der Waals surface area contributed by atoms with Crippen LogP contribution in [-0.4, -0.2) is 83.3 Å².